The van der Waals surface area contributed by atoms with Gasteiger partial charge in [-0.2, -0.15) is 0 Å². The fourth-order valence-corrected chi connectivity index (χ4v) is 12.7. The quantitative estimate of drug-likeness (QED) is 0.154. The first-order valence-electron chi connectivity index (χ1n) is 22.6. The Hall–Kier alpha value is -7.78. The Balaban J connectivity index is 1.06. The van der Waals surface area contributed by atoms with Crippen LogP contribution in [0.15, 0.2) is 243 Å². The highest BCUT2D eigenvalue weighted by Gasteiger charge is 2.47. The fraction of sp³-hybridized carbons (Fsp3) is 0.0476. The lowest BCUT2D eigenvalue weighted by Gasteiger charge is -2.34. The fourth-order valence-electron chi connectivity index (χ4n) is 11.6. The third-order valence-electron chi connectivity index (χ3n) is 14.4. The number of anilines is 3. The van der Waals surface area contributed by atoms with Crippen molar-refractivity contribution in [3.8, 4) is 33.4 Å². The third kappa shape index (κ3) is 5.45. The zero-order valence-electron chi connectivity index (χ0n) is 35.9. The van der Waals surface area contributed by atoms with Gasteiger partial charge in [0.15, 0.2) is 0 Å². The molecule has 1 atom stereocenters. The van der Waals surface area contributed by atoms with E-state index in [0.717, 1.165) is 17.1 Å². The number of hydrogen-bond donors (Lipinski definition) is 0. The van der Waals surface area contributed by atoms with Crippen LogP contribution in [-0.2, 0) is 10.8 Å². The first-order chi connectivity index (χ1) is 32.1. The molecule has 1 unspecified atom stereocenters. The van der Waals surface area contributed by atoms with Crippen LogP contribution in [0.5, 0.6) is 0 Å². The Morgan fingerprint density at radius 3 is 1.65 bits per heavy atom. The van der Waals surface area contributed by atoms with E-state index < -0.39 is 5.41 Å². The van der Waals surface area contributed by atoms with Gasteiger partial charge in [-0.1, -0.05) is 200 Å². The Labute approximate surface area is 384 Å². The molecule has 2 aliphatic rings. The first kappa shape index (κ1) is 37.7. The first-order valence-corrected chi connectivity index (χ1v) is 23.4. The molecule has 306 valence electrons. The molecule has 0 saturated carbocycles. The van der Waals surface area contributed by atoms with Gasteiger partial charge in [-0.05, 0) is 116 Å². The molecule has 0 fully saturated rings. The van der Waals surface area contributed by atoms with Gasteiger partial charge in [0.2, 0.25) is 0 Å². The molecule has 0 N–H and O–H groups in total. The molecule has 0 bridgehead atoms. The van der Waals surface area contributed by atoms with E-state index in [4.69, 9.17) is 0 Å². The van der Waals surface area contributed by atoms with Crippen molar-refractivity contribution in [2.45, 2.75) is 17.8 Å². The number of benzene rings is 10. The molecule has 1 aromatic heterocycles. The van der Waals surface area contributed by atoms with Gasteiger partial charge in [0, 0.05) is 42.5 Å². The van der Waals surface area contributed by atoms with E-state index >= 15 is 0 Å². The van der Waals surface area contributed by atoms with Crippen LogP contribution in [0.4, 0.5) is 17.1 Å². The summed E-state index contributed by atoms with van der Waals surface area (Å²) in [6, 6.07) is 90.4. The van der Waals surface area contributed by atoms with E-state index in [1.54, 1.807) is 0 Å². The van der Waals surface area contributed by atoms with Crippen LogP contribution < -0.4 is 4.90 Å². The van der Waals surface area contributed by atoms with Gasteiger partial charge in [0.25, 0.3) is 0 Å². The molecule has 0 spiro atoms. The van der Waals surface area contributed by atoms with E-state index in [0.29, 0.717) is 0 Å². The van der Waals surface area contributed by atoms with Crippen molar-refractivity contribution in [1.82, 2.24) is 0 Å². The minimum Gasteiger partial charge on any atom is -0.310 e. The zero-order chi connectivity index (χ0) is 43.1. The summed E-state index contributed by atoms with van der Waals surface area (Å²) in [4.78, 5) is 2.52. The second-order valence-corrected chi connectivity index (χ2v) is 18.7. The van der Waals surface area contributed by atoms with Crippen LogP contribution in [0.3, 0.4) is 0 Å². The Morgan fingerprint density at radius 2 is 0.908 bits per heavy atom. The lowest BCUT2D eigenvalue weighted by molar-refractivity contribution is 0.714. The SMILES string of the molecule is CC1(c2ccccc2)c2ccccc2-c2cc(N(c3ccc(-c4cccc5sc6ccccc6c45)cc3)c3cccc4c3-c3ccccc3C4(c3ccccc3)c3ccccc3)ccc21. The van der Waals surface area contributed by atoms with Crippen LogP contribution in [-0.4, -0.2) is 0 Å². The van der Waals surface area contributed by atoms with Gasteiger partial charge in [-0.25, -0.2) is 0 Å². The summed E-state index contributed by atoms with van der Waals surface area (Å²) in [7, 11) is 0. The summed E-state index contributed by atoms with van der Waals surface area (Å²) in [5, 5.41) is 2.64. The molecular formula is C63H43NS. The Morgan fingerprint density at radius 1 is 0.369 bits per heavy atom. The summed E-state index contributed by atoms with van der Waals surface area (Å²) in [5.41, 5.74) is 19.2. The van der Waals surface area contributed by atoms with E-state index in [1.165, 1.54) is 92.5 Å². The summed E-state index contributed by atoms with van der Waals surface area (Å²) in [5.74, 6) is 0. The second kappa shape index (κ2) is 14.6. The third-order valence-corrected chi connectivity index (χ3v) is 15.6. The number of nitrogens with zero attached hydrogens (tertiary/aromatic N) is 1. The van der Waals surface area contributed by atoms with Crippen molar-refractivity contribution < 1.29 is 0 Å². The van der Waals surface area contributed by atoms with Crippen molar-refractivity contribution in [1.29, 1.82) is 0 Å². The van der Waals surface area contributed by atoms with Gasteiger partial charge in [0.1, 0.15) is 0 Å². The van der Waals surface area contributed by atoms with Gasteiger partial charge < -0.3 is 4.90 Å². The summed E-state index contributed by atoms with van der Waals surface area (Å²) < 4.78 is 2.63. The molecule has 13 rings (SSSR count). The number of fused-ring (bicyclic) bond motifs is 9. The van der Waals surface area contributed by atoms with Crippen molar-refractivity contribution in [2.24, 2.45) is 0 Å². The molecule has 1 heterocycles. The van der Waals surface area contributed by atoms with Crippen LogP contribution >= 0.6 is 11.3 Å². The number of rotatable bonds is 7. The lowest BCUT2D eigenvalue weighted by atomic mass is 9.68. The van der Waals surface area contributed by atoms with Gasteiger partial charge in [-0.15, -0.1) is 11.3 Å². The number of thiophene rings is 1. The van der Waals surface area contributed by atoms with Crippen LogP contribution in [0.25, 0.3) is 53.6 Å². The smallest absolute Gasteiger partial charge is 0.0714 e. The molecule has 2 aliphatic carbocycles. The number of hydrogen-bond acceptors (Lipinski definition) is 2. The van der Waals surface area contributed by atoms with Gasteiger partial charge >= 0.3 is 0 Å². The Kier molecular flexibility index (Phi) is 8.50. The normalized spacial score (nSPS) is 15.3. The minimum atomic E-state index is -0.518. The summed E-state index contributed by atoms with van der Waals surface area (Å²) in [6.45, 7) is 2.40. The molecule has 10 aromatic carbocycles. The molecule has 0 saturated heterocycles. The van der Waals surface area contributed by atoms with Crippen molar-refractivity contribution >= 4 is 48.6 Å². The molecular weight excluding hydrogens is 803 g/mol. The lowest BCUT2D eigenvalue weighted by Crippen LogP contribution is -2.28. The van der Waals surface area contributed by atoms with Crippen LogP contribution in [0.2, 0.25) is 0 Å². The Bertz CT molecular complexity index is 3570. The van der Waals surface area contributed by atoms with E-state index in [-0.39, 0.29) is 5.41 Å². The maximum Gasteiger partial charge on any atom is 0.0714 e. The summed E-state index contributed by atoms with van der Waals surface area (Å²) >= 11 is 1.87. The monoisotopic (exact) mass is 845 g/mol. The topological polar surface area (TPSA) is 3.24 Å². The second-order valence-electron chi connectivity index (χ2n) is 17.7. The highest BCUT2D eigenvalue weighted by molar-refractivity contribution is 7.25. The largest absolute Gasteiger partial charge is 0.310 e. The molecule has 1 nitrogen and oxygen atoms in total. The van der Waals surface area contributed by atoms with Gasteiger partial charge in [-0.3, -0.25) is 0 Å². The molecule has 0 aliphatic heterocycles. The van der Waals surface area contributed by atoms with E-state index in [9.17, 15) is 0 Å². The van der Waals surface area contributed by atoms with Crippen LogP contribution in [0, 0.1) is 0 Å². The maximum absolute atomic E-state index is 2.52. The average Bonchev–Trinajstić information content (AvgIpc) is 4.00. The molecule has 11 aromatic rings. The molecule has 0 radical (unpaired) electrons. The summed E-state index contributed by atoms with van der Waals surface area (Å²) in [6.07, 6.45) is 0. The molecule has 65 heavy (non-hydrogen) atoms. The van der Waals surface area contributed by atoms with Crippen molar-refractivity contribution in [2.75, 3.05) is 4.90 Å². The predicted molar refractivity (Wildman–Crippen MR) is 274 cm³/mol. The molecule has 2 heteroatoms. The maximum atomic E-state index is 2.52. The van der Waals surface area contributed by atoms with Crippen molar-refractivity contribution in [3.63, 3.8) is 0 Å². The van der Waals surface area contributed by atoms with Crippen molar-refractivity contribution in [3.05, 3.63) is 282 Å². The zero-order valence-corrected chi connectivity index (χ0v) is 36.8. The average molecular weight is 846 g/mol. The minimum absolute atomic E-state index is 0.289. The highest BCUT2D eigenvalue weighted by atomic mass is 32.1. The predicted octanol–water partition coefficient (Wildman–Crippen LogP) is 16.9. The standard InChI is InChI=1S/C63H43NS/c1-62(43-19-5-2-6-20-43)53-29-14-11-25-49(53)52-41-47(39-40-54(52)62)64(46-37-35-42(36-38-46)48-28-17-34-59-60(48)51-27-13-16-33-58(51)65-59)57-32-18-31-56-61(57)50-26-12-15-30-55(50)63(56,44-21-7-3-8-22-44)45-23-9-4-10-24-45/h2-41H,1H3. The van der Waals surface area contributed by atoms with Crippen LogP contribution in [0.1, 0.15) is 45.9 Å². The van der Waals surface area contributed by atoms with E-state index in [2.05, 4.69) is 254 Å². The van der Waals surface area contributed by atoms with E-state index in [1.807, 2.05) is 11.3 Å². The highest BCUT2D eigenvalue weighted by Crippen LogP contribution is 2.60. The molecule has 0 amide bonds. The van der Waals surface area contributed by atoms with Gasteiger partial charge in [0.05, 0.1) is 11.1 Å².